The van der Waals surface area contributed by atoms with Crippen LogP contribution in [-0.2, 0) is 0 Å². The molecule has 0 radical (unpaired) electrons. The van der Waals surface area contributed by atoms with Crippen molar-refractivity contribution in [3.8, 4) is 11.8 Å². The minimum atomic E-state index is -0.231. The number of benzene rings is 1. The van der Waals surface area contributed by atoms with E-state index in [1.807, 2.05) is 17.5 Å². The largest absolute Gasteiger partial charge is 0.479 e. The molecule has 20 heavy (non-hydrogen) atoms. The summed E-state index contributed by atoms with van der Waals surface area (Å²) in [6.07, 6.45) is 1.54. The number of nitriles is 1. The summed E-state index contributed by atoms with van der Waals surface area (Å²) in [5.74, 6) is 0.386. The van der Waals surface area contributed by atoms with Crippen LogP contribution >= 0.6 is 11.3 Å². The summed E-state index contributed by atoms with van der Waals surface area (Å²) in [6, 6.07) is 12.5. The van der Waals surface area contributed by atoms with E-state index in [0.717, 1.165) is 5.56 Å². The molecule has 0 spiro atoms. The van der Waals surface area contributed by atoms with Crippen LogP contribution in [0.4, 0.5) is 0 Å². The summed E-state index contributed by atoms with van der Waals surface area (Å²) >= 11 is 1.36. The fourth-order valence-corrected chi connectivity index (χ4v) is 2.01. The highest BCUT2D eigenvalue weighted by molar-refractivity contribution is 7.12. The van der Waals surface area contributed by atoms with Gasteiger partial charge in [-0.1, -0.05) is 6.07 Å². The van der Waals surface area contributed by atoms with Crippen LogP contribution in [0.2, 0.25) is 0 Å². The van der Waals surface area contributed by atoms with Gasteiger partial charge in [0, 0.05) is 0 Å². The smallest absolute Gasteiger partial charge is 0.281 e. The van der Waals surface area contributed by atoms with Crippen LogP contribution in [0.1, 0.15) is 15.2 Å². The number of rotatable bonds is 5. The number of ether oxygens (including phenoxy) is 1. The van der Waals surface area contributed by atoms with E-state index < -0.39 is 0 Å². The predicted molar refractivity (Wildman–Crippen MR) is 76.9 cm³/mol. The summed E-state index contributed by atoms with van der Waals surface area (Å²) in [5.41, 5.74) is 3.27. The van der Waals surface area contributed by atoms with Crippen molar-refractivity contribution < 1.29 is 9.53 Å². The average molecular weight is 285 g/mol. The van der Waals surface area contributed by atoms with Gasteiger partial charge in [0.2, 0.25) is 0 Å². The lowest BCUT2D eigenvalue weighted by Crippen LogP contribution is -2.16. The van der Waals surface area contributed by atoms with Gasteiger partial charge in [-0.05, 0) is 41.3 Å². The van der Waals surface area contributed by atoms with E-state index in [1.54, 1.807) is 36.5 Å². The van der Waals surface area contributed by atoms with Crippen LogP contribution in [-0.4, -0.2) is 18.7 Å². The van der Waals surface area contributed by atoms with Crippen molar-refractivity contribution in [1.29, 1.82) is 5.26 Å². The zero-order valence-electron chi connectivity index (χ0n) is 10.4. The molecule has 0 fully saturated rings. The van der Waals surface area contributed by atoms with Gasteiger partial charge in [0.25, 0.3) is 5.91 Å². The number of amides is 1. The van der Waals surface area contributed by atoms with Gasteiger partial charge in [-0.3, -0.25) is 4.79 Å². The fraction of sp³-hybridized carbons (Fsp3) is 0.0714. The molecular weight excluding hydrogens is 274 g/mol. The van der Waals surface area contributed by atoms with Gasteiger partial charge in [-0.2, -0.15) is 10.4 Å². The second kappa shape index (κ2) is 7.07. The number of carbonyl (C=O) groups is 1. The molecule has 0 aliphatic rings. The van der Waals surface area contributed by atoms with Crippen LogP contribution in [0, 0.1) is 11.3 Å². The number of hydrogen-bond acceptors (Lipinski definition) is 5. The number of thiophene rings is 1. The molecule has 1 aromatic heterocycles. The van der Waals surface area contributed by atoms with E-state index in [2.05, 4.69) is 10.5 Å². The molecule has 0 aliphatic heterocycles. The Morgan fingerprint density at radius 2 is 2.20 bits per heavy atom. The Morgan fingerprint density at radius 3 is 2.85 bits per heavy atom. The Bertz CT molecular complexity index is 627. The third-order valence-corrected chi connectivity index (χ3v) is 3.18. The number of hydrogen-bond donors (Lipinski definition) is 1. The van der Waals surface area contributed by atoms with Crippen molar-refractivity contribution in [3.05, 3.63) is 52.2 Å². The molecule has 5 nitrogen and oxygen atoms in total. The Hall–Kier alpha value is -2.65. The average Bonchev–Trinajstić information content (AvgIpc) is 3.00. The Morgan fingerprint density at radius 1 is 1.40 bits per heavy atom. The maximum atomic E-state index is 11.6. The first-order valence-electron chi connectivity index (χ1n) is 5.76. The molecule has 0 saturated carbocycles. The Balaban J connectivity index is 1.88. The van der Waals surface area contributed by atoms with Gasteiger partial charge in [0.15, 0.2) is 6.61 Å². The SMILES string of the molecule is N#CCOc1ccc(/C=N/NC(=O)c2cccs2)cc1. The van der Waals surface area contributed by atoms with Gasteiger partial charge in [-0.15, -0.1) is 11.3 Å². The molecule has 0 atom stereocenters. The second-order valence-corrected chi connectivity index (χ2v) is 4.64. The molecule has 2 aromatic rings. The summed E-state index contributed by atoms with van der Waals surface area (Å²) < 4.78 is 5.13. The lowest BCUT2D eigenvalue weighted by atomic mass is 10.2. The van der Waals surface area contributed by atoms with Gasteiger partial charge in [-0.25, -0.2) is 5.43 Å². The molecule has 0 unspecified atom stereocenters. The molecular formula is C14H11N3O2S. The molecule has 0 aliphatic carbocycles. The van der Waals surface area contributed by atoms with Gasteiger partial charge in [0.1, 0.15) is 11.8 Å². The number of hydrazone groups is 1. The van der Waals surface area contributed by atoms with Crippen LogP contribution in [0.3, 0.4) is 0 Å². The van der Waals surface area contributed by atoms with Crippen LogP contribution in [0.15, 0.2) is 46.9 Å². The van der Waals surface area contributed by atoms with Crippen molar-refractivity contribution in [2.75, 3.05) is 6.61 Å². The molecule has 1 amide bonds. The Kier molecular flexibility index (Phi) is 4.87. The molecule has 0 saturated heterocycles. The lowest BCUT2D eigenvalue weighted by molar-refractivity contribution is 0.0959. The number of carbonyl (C=O) groups excluding carboxylic acids is 1. The molecule has 1 N–H and O–H groups in total. The molecule has 2 rings (SSSR count). The standard InChI is InChI=1S/C14H11N3O2S/c15-7-8-19-12-5-3-11(4-6-12)10-16-17-14(18)13-2-1-9-20-13/h1-6,9-10H,8H2,(H,17,18)/b16-10+. The number of nitrogens with zero attached hydrogens (tertiary/aromatic N) is 2. The van der Waals surface area contributed by atoms with Crippen LogP contribution < -0.4 is 10.2 Å². The maximum Gasteiger partial charge on any atom is 0.281 e. The molecule has 0 bridgehead atoms. The first kappa shape index (κ1) is 13.8. The number of nitrogens with one attached hydrogen (secondary N) is 1. The molecule has 1 heterocycles. The zero-order chi connectivity index (χ0) is 14.2. The van der Waals surface area contributed by atoms with Crippen molar-refractivity contribution in [1.82, 2.24) is 5.43 Å². The first-order chi connectivity index (χ1) is 9.79. The minimum absolute atomic E-state index is 0.0182. The molecule has 6 heteroatoms. The topological polar surface area (TPSA) is 74.5 Å². The summed E-state index contributed by atoms with van der Waals surface area (Å²) in [4.78, 5) is 12.2. The quantitative estimate of drug-likeness (QED) is 0.677. The van der Waals surface area contributed by atoms with E-state index in [-0.39, 0.29) is 12.5 Å². The lowest BCUT2D eigenvalue weighted by Gasteiger charge is -2.01. The predicted octanol–water partition coefficient (Wildman–Crippen LogP) is 2.41. The van der Waals surface area contributed by atoms with E-state index in [1.165, 1.54) is 11.3 Å². The van der Waals surface area contributed by atoms with Crippen molar-refractivity contribution in [3.63, 3.8) is 0 Å². The van der Waals surface area contributed by atoms with Gasteiger partial charge < -0.3 is 4.74 Å². The summed E-state index contributed by atoms with van der Waals surface area (Å²) in [5, 5.41) is 14.1. The summed E-state index contributed by atoms with van der Waals surface area (Å²) in [6.45, 7) is 0.0182. The molecule has 100 valence electrons. The first-order valence-corrected chi connectivity index (χ1v) is 6.64. The maximum absolute atomic E-state index is 11.6. The van der Waals surface area contributed by atoms with Gasteiger partial charge in [0.05, 0.1) is 11.1 Å². The third-order valence-electron chi connectivity index (χ3n) is 2.31. The second-order valence-electron chi connectivity index (χ2n) is 3.69. The normalized spacial score (nSPS) is 10.2. The van der Waals surface area contributed by atoms with E-state index in [0.29, 0.717) is 10.6 Å². The highest BCUT2D eigenvalue weighted by Crippen LogP contribution is 2.11. The van der Waals surface area contributed by atoms with E-state index in [9.17, 15) is 4.79 Å². The van der Waals surface area contributed by atoms with Crippen LogP contribution in [0.25, 0.3) is 0 Å². The third kappa shape index (κ3) is 3.93. The minimum Gasteiger partial charge on any atom is -0.479 e. The van der Waals surface area contributed by atoms with Crippen LogP contribution in [0.5, 0.6) is 5.75 Å². The van der Waals surface area contributed by atoms with E-state index in [4.69, 9.17) is 10.00 Å². The van der Waals surface area contributed by atoms with Crippen molar-refractivity contribution in [2.24, 2.45) is 5.10 Å². The molecule has 1 aromatic carbocycles. The Labute approximate surface area is 120 Å². The van der Waals surface area contributed by atoms with Gasteiger partial charge >= 0.3 is 0 Å². The monoisotopic (exact) mass is 285 g/mol. The van der Waals surface area contributed by atoms with Crippen molar-refractivity contribution in [2.45, 2.75) is 0 Å². The highest BCUT2D eigenvalue weighted by atomic mass is 32.1. The zero-order valence-corrected chi connectivity index (χ0v) is 11.3. The summed E-state index contributed by atoms with van der Waals surface area (Å²) in [7, 11) is 0. The highest BCUT2D eigenvalue weighted by Gasteiger charge is 2.03. The van der Waals surface area contributed by atoms with Crippen molar-refractivity contribution >= 4 is 23.5 Å². The fourth-order valence-electron chi connectivity index (χ4n) is 1.39. The van der Waals surface area contributed by atoms with E-state index >= 15 is 0 Å².